The molecule has 0 bridgehead atoms. The molecule has 1 rings (SSSR count). The van der Waals surface area contributed by atoms with E-state index in [9.17, 15) is 0 Å². The van der Waals surface area contributed by atoms with Gasteiger partial charge in [-0.25, -0.2) is 0 Å². The summed E-state index contributed by atoms with van der Waals surface area (Å²) in [5.41, 5.74) is 9.22. The molecule has 0 aliphatic carbocycles. The van der Waals surface area contributed by atoms with Crippen molar-refractivity contribution in [3.8, 4) is 0 Å². The molecular weight excluding hydrogens is 196 g/mol. The van der Waals surface area contributed by atoms with E-state index in [-0.39, 0.29) is 0 Å². The second-order valence-corrected chi connectivity index (χ2v) is 5.18. The molecule has 0 radical (unpaired) electrons. The quantitative estimate of drug-likeness (QED) is 0.787. The van der Waals surface area contributed by atoms with Gasteiger partial charge in [0.1, 0.15) is 0 Å². The number of hydrogen-bond acceptors (Lipinski definition) is 2. The zero-order chi connectivity index (χ0) is 12.3. The minimum Gasteiger partial charge on any atom is -0.398 e. The Bertz CT molecular complexity index is 343. The smallest absolute Gasteiger partial charge is 0.0389 e. The SMILES string of the molecule is Cc1ccc(N(CC(C)C)C(C)C)cc1N. The van der Waals surface area contributed by atoms with Crippen molar-refractivity contribution in [3.05, 3.63) is 23.8 Å². The molecule has 0 fully saturated rings. The van der Waals surface area contributed by atoms with Crippen LogP contribution in [0, 0.1) is 12.8 Å². The molecule has 1 aromatic carbocycles. The minimum absolute atomic E-state index is 0.504. The molecule has 0 saturated carbocycles. The summed E-state index contributed by atoms with van der Waals surface area (Å²) >= 11 is 0. The number of rotatable bonds is 4. The fraction of sp³-hybridized carbons (Fsp3) is 0.571. The van der Waals surface area contributed by atoms with Crippen molar-refractivity contribution < 1.29 is 0 Å². The maximum absolute atomic E-state index is 5.96. The molecule has 90 valence electrons. The number of nitrogen functional groups attached to an aromatic ring is 1. The van der Waals surface area contributed by atoms with Gasteiger partial charge in [0.15, 0.2) is 0 Å². The highest BCUT2D eigenvalue weighted by Gasteiger charge is 2.12. The topological polar surface area (TPSA) is 29.3 Å². The molecule has 1 aromatic rings. The molecule has 0 spiro atoms. The monoisotopic (exact) mass is 220 g/mol. The summed E-state index contributed by atoms with van der Waals surface area (Å²) in [4.78, 5) is 2.40. The van der Waals surface area contributed by atoms with E-state index in [0.29, 0.717) is 12.0 Å². The Hall–Kier alpha value is -1.18. The third-order valence-corrected chi connectivity index (χ3v) is 2.78. The van der Waals surface area contributed by atoms with Gasteiger partial charge < -0.3 is 10.6 Å². The van der Waals surface area contributed by atoms with Crippen molar-refractivity contribution >= 4 is 11.4 Å². The fourth-order valence-corrected chi connectivity index (χ4v) is 1.81. The number of benzene rings is 1. The normalized spacial score (nSPS) is 11.2. The second kappa shape index (κ2) is 5.24. The van der Waals surface area contributed by atoms with Gasteiger partial charge >= 0.3 is 0 Å². The third kappa shape index (κ3) is 3.16. The first-order valence-corrected chi connectivity index (χ1v) is 6.04. The Kier molecular flexibility index (Phi) is 4.22. The van der Waals surface area contributed by atoms with Crippen LogP contribution in [0.25, 0.3) is 0 Å². The third-order valence-electron chi connectivity index (χ3n) is 2.78. The van der Waals surface area contributed by atoms with E-state index in [1.54, 1.807) is 0 Å². The maximum Gasteiger partial charge on any atom is 0.0389 e. The van der Waals surface area contributed by atoms with Crippen LogP contribution in [-0.4, -0.2) is 12.6 Å². The van der Waals surface area contributed by atoms with Crippen LogP contribution >= 0.6 is 0 Å². The number of aryl methyl sites for hydroxylation is 1. The predicted octanol–water partition coefficient (Wildman–Crippen LogP) is 3.45. The van der Waals surface area contributed by atoms with Crippen LogP contribution in [0.1, 0.15) is 33.3 Å². The molecule has 0 atom stereocenters. The lowest BCUT2D eigenvalue weighted by molar-refractivity contribution is 0.571. The number of anilines is 2. The first kappa shape index (κ1) is 12.9. The van der Waals surface area contributed by atoms with Crippen LogP contribution in [0.15, 0.2) is 18.2 Å². The van der Waals surface area contributed by atoms with Crippen molar-refractivity contribution in [2.45, 2.75) is 40.7 Å². The number of hydrogen-bond donors (Lipinski definition) is 1. The zero-order valence-electron chi connectivity index (χ0n) is 11.1. The minimum atomic E-state index is 0.504. The van der Waals surface area contributed by atoms with Gasteiger partial charge in [-0.1, -0.05) is 19.9 Å². The lowest BCUT2D eigenvalue weighted by Gasteiger charge is -2.31. The van der Waals surface area contributed by atoms with Crippen molar-refractivity contribution in [2.24, 2.45) is 5.92 Å². The Morgan fingerprint density at radius 1 is 1.19 bits per heavy atom. The first-order chi connectivity index (χ1) is 7.41. The molecular formula is C14H24N2. The zero-order valence-corrected chi connectivity index (χ0v) is 11.1. The van der Waals surface area contributed by atoms with Crippen LogP contribution < -0.4 is 10.6 Å². The Labute approximate surface area is 99.5 Å². The van der Waals surface area contributed by atoms with Gasteiger partial charge in [0.2, 0.25) is 0 Å². The molecule has 0 saturated heterocycles. The van der Waals surface area contributed by atoms with Crippen LogP contribution in [-0.2, 0) is 0 Å². The fourth-order valence-electron chi connectivity index (χ4n) is 1.81. The summed E-state index contributed by atoms with van der Waals surface area (Å²) in [5.74, 6) is 0.657. The summed E-state index contributed by atoms with van der Waals surface area (Å²) in [7, 11) is 0. The second-order valence-electron chi connectivity index (χ2n) is 5.18. The van der Waals surface area contributed by atoms with E-state index >= 15 is 0 Å². The van der Waals surface area contributed by atoms with Crippen molar-refractivity contribution in [1.82, 2.24) is 0 Å². The molecule has 16 heavy (non-hydrogen) atoms. The van der Waals surface area contributed by atoms with Crippen molar-refractivity contribution in [3.63, 3.8) is 0 Å². The highest BCUT2D eigenvalue weighted by atomic mass is 15.2. The molecule has 0 unspecified atom stereocenters. The van der Waals surface area contributed by atoms with E-state index < -0.39 is 0 Å². The van der Waals surface area contributed by atoms with Gasteiger partial charge in [0.25, 0.3) is 0 Å². The van der Waals surface area contributed by atoms with E-state index in [2.05, 4.69) is 50.8 Å². The highest BCUT2D eigenvalue weighted by Crippen LogP contribution is 2.23. The Morgan fingerprint density at radius 3 is 2.25 bits per heavy atom. The summed E-state index contributed by atoms with van der Waals surface area (Å²) in [6.45, 7) is 12.0. The lowest BCUT2D eigenvalue weighted by atomic mass is 10.1. The predicted molar refractivity (Wildman–Crippen MR) is 72.9 cm³/mol. The average molecular weight is 220 g/mol. The molecule has 2 N–H and O–H groups in total. The van der Waals surface area contributed by atoms with Gasteiger partial charge in [-0.2, -0.15) is 0 Å². The Balaban J connectivity index is 2.97. The van der Waals surface area contributed by atoms with E-state index in [0.717, 1.165) is 17.8 Å². The van der Waals surface area contributed by atoms with Crippen LogP contribution in [0.5, 0.6) is 0 Å². The molecule has 0 heterocycles. The molecule has 2 heteroatoms. The van der Waals surface area contributed by atoms with E-state index in [1.165, 1.54) is 5.69 Å². The summed E-state index contributed by atoms with van der Waals surface area (Å²) < 4.78 is 0. The Morgan fingerprint density at radius 2 is 1.81 bits per heavy atom. The largest absolute Gasteiger partial charge is 0.398 e. The van der Waals surface area contributed by atoms with Gasteiger partial charge in [0.05, 0.1) is 0 Å². The van der Waals surface area contributed by atoms with E-state index in [4.69, 9.17) is 5.73 Å². The standard InChI is InChI=1S/C14H24N2/c1-10(2)9-16(11(3)4)13-7-6-12(5)14(15)8-13/h6-8,10-11H,9,15H2,1-5H3. The van der Waals surface area contributed by atoms with Crippen molar-refractivity contribution in [2.75, 3.05) is 17.2 Å². The van der Waals surface area contributed by atoms with Gasteiger partial charge in [-0.05, 0) is 44.4 Å². The van der Waals surface area contributed by atoms with Crippen LogP contribution in [0.3, 0.4) is 0 Å². The first-order valence-electron chi connectivity index (χ1n) is 6.04. The number of nitrogens with two attached hydrogens (primary N) is 1. The van der Waals surface area contributed by atoms with Crippen LogP contribution in [0.2, 0.25) is 0 Å². The molecule has 2 nitrogen and oxygen atoms in total. The number of nitrogens with zero attached hydrogens (tertiary/aromatic N) is 1. The molecule has 0 aromatic heterocycles. The molecule has 0 aliphatic rings. The highest BCUT2D eigenvalue weighted by molar-refractivity contribution is 5.60. The van der Waals surface area contributed by atoms with Gasteiger partial charge in [-0.15, -0.1) is 0 Å². The average Bonchev–Trinajstić information content (AvgIpc) is 2.18. The molecule has 0 aliphatic heterocycles. The van der Waals surface area contributed by atoms with Gasteiger partial charge in [0, 0.05) is 24.0 Å². The maximum atomic E-state index is 5.96. The van der Waals surface area contributed by atoms with Crippen LogP contribution in [0.4, 0.5) is 11.4 Å². The van der Waals surface area contributed by atoms with Crippen molar-refractivity contribution in [1.29, 1.82) is 0 Å². The summed E-state index contributed by atoms with van der Waals surface area (Å²) in [6, 6.07) is 6.84. The summed E-state index contributed by atoms with van der Waals surface area (Å²) in [5, 5.41) is 0. The van der Waals surface area contributed by atoms with Gasteiger partial charge in [-0.3, -0.25) is 0 Å². The molecule has 0 amide bonds. The summed E-state index contributed by atoms with van der Waals surface area (Å²) in [6.07, 6.45) is 0. The van der Waals surface area contributed by atoms with E-state index in [1.807, 2.05) is 6.92 Å². The lowest BCUT2D eigenvalue weighted by Crippen LogP contribution is -2.34.